The highest BCUT2D eigenvalue weighted by Crippen LogP contribution is 2.28. The normalized spacial score (nSPS) is 11.6. The summed E-state index contributed by atoms with van der Waals surface area (Å²) in [4.78, 5) is 4.40. The number of rotatable bonds is 5. The highest BCUT2D eigenvalue weighted by atomic mass is 16.5. The molecule has 1 N–H and O–H groups in total. The predicted octanol–water partition coefficient (Wildman–Crippen LogP) is 3.23. The minimum atomic E-state index is 0.566. The van der Waals surface area contributed by atoms with Crippen LogP contribution >= 0.6 is 0 Å². The van der Waals surface area contributed by atoms with Crippen LogP contribution in [0.5, 0.6) is 0 Å². The van der Waals surface area contributed by atoms with E-state index in [0.29, 0.717) is 24.2 Å². The number of hydrogen-bond acceptors (Lipinski definition) is 5. The Kier molecular flexibility index (Phi) is 3.52. The minimum absolute atomic E-state index is 0.566. The van der Waals surface area contributed by atoms with Crippen molar-refractivity contribution >= 4 is 11.0 Å². The SMILES string of the molecule is CC(C)CNCc1nc(-c2coc3ccccc23)no1. The largest absolute Gasteiger partial charge is 0.464 e. The number of aromatic nitrogens is 2. The van der Waals surface area contributed by atoms with Crippen LogP contribution in [-0.2, 0) is 6.54 Å². The summed E-state index contributed by atoms with van der Waals surface area (Å²) in [5.74, 6) is 1.75. The van der Waals surface area contributed by atoms with Gasteiger partial charge in [0.2, 0.25) is 11.7 Å². The molecule has 0 fully saturated rings. The van der Waals surface area contributed by atoms with Crippen molar-refractivity contribution in [3.8, 4) is 11.4 Å². The van der Waals surface area contributed by atoms with Gasteiger partial charge in [-0.2, -0.15) is 4.98 Å². The van der Waals surface area contributed by atoms with Crippen molar-refractivity contribution < 1.29 is 8.94 Å². The van der Waals surface area contributed by atoms with E-state index in [1.54, 1.807) is 6.26 Å². The molecule has 0 radical (unpaired) electrons. The van der Waals surface area contributed by atoms with Crippen LogP contribution in [0, 0.1) is 5.92 Å². The van der Waals surface area contributed by atoms with Crippen LogP contribution in [0.2, 0.25) is 0 Å². The molecule has 2 heterocycles. The maximum Gasteiger partial charge on any atom is 0.240 e. The molecule has 0 spiro atoms. The Bertz CT molecular complexity index is 700. The molecule has 0 aliphatic rings. The number of benzene rings is 1. The third-order valence-corrected chi connectivity index (χ3v) is 3.02. The topological polar surface area (TPSA) is 64.1 Å². The summed E-state index contributed by atoms with van der Waals surface area (Å²) in [5.41, 5.74) is 1.69. The van der Waals surface area contributed by atoms with E-state index in [9.17, 15) is 0 Å². The standard InChI is InChI=1S/C15H17N3O2/c1-10(2)7-16-8-14-17-15(18-20-14)12-9-19-13-6-4-3-5-11(12)13/h3-6,9-10,16H,7-8H2,1-2H3. The molecular weight excluding hydrogens is 254 g/mol. The van der Waals surface area contributed by atoms with Crippen molar-refractivity contribution in [1.82, 2.24) is 15.5 Å². The van der Waals surface area contributed by atoms with Crippen LogP contribution in [0.4, 0.5) is 0 Å². The van der Waals surface area contributed by atoms with E-state index in [4.69, 9.17) is 8.94 Å². The third-order valence-electron chi connectivity index (χ3n) is 3.02. The molecule has 0 aliphatic heterocycles. The second-order valence-corrected chi connectivity index (χ2v) is 5.18. The zero-order valence-electron chi connectivity index (χ0n) is 11.6. The maximum absolute atomic E-state index is 5.49. The first-order valence-corrected chi connectivity index (χ1v) is 6.74. The van der Waals surface area contributed by atoms with Gasteiger partial charge in [0, 0.05) is 5.39 Å². The molecule has 0 saturated carbocycles. The molecule has 0 atom stereocenters. The Balaban J connectivity index is 1.79. The zero-order valence-corrected chi connectivity index (χ0v) is 11.6. The lowest BCUT2D eigenvalue weighted by Gasteiger charge is -2.03. The molecule has 0 amide bonds. The minimum Gasteiger partial charge on any atom is -0.464 e. The number of nitrogens with zero attached hydrogens (tertiary/aromatic N) is 2. The van der Waals surface area contributed by atoms with Gasteiger partial charge < -0.3 is 14.3 Å². The lowest BCUT2D eigenvalue weighted by atomic mass is 10.2. The third kappa shape index (κ3) is 2.58. The molecule has 0 unspecified atom stereocenters. The van der Waals surface area contributed by atoms with Gasteiger partial charge in [-0.15, -0.1) is 0 Å². The van der Waals surface area contributed by atoms with Gasteiger partial charge in [-0.3, -0.25) is 0 Å². The fourth-order valence-corrected chi connectivity index (χ4v) is 2.05. The summed E-state index contributed by atoms with van der Waals surface area (Å²) >= 11 is 0. The van der Waals surface area contributed by atoms with Gasteiger partial charge in [0.05, 0.1) is 12.1 Å². The summed E-state index contributed by atoms with van der Waals surface area (Å²) in [6.07, 6.45) is 1.67. The van der Waals surface area contributed by atoms with Crippen LogP contribution in [0.3, 0.4) is 0 Å². The summed E-state index contributed by atoms with van der Waals surface area (Å²) < 4.78 is 10.7. The lowest BCUT2D eigenvalue weighted by Crippen LogP contribution is -2.19. The Morgan fingerprint density at radius 3 is 2.95 bits per heavy atom. The quantitative estimate of drug-likeness (QED) is 0.771. The molecule has 0 saturated heterocycles. The summed E-state index contributed by atoms with van der Waals surface area (Å²) in [6.45, 7) is 5.82. The number of nitrogens with one attached hydrogen (secondary N) is 1. The second kappa shape index (κ2) is 5.46. The Labute approximate surface area is 117 Å². The first kappa shape index (κ1) is 12.9. The molecule has 104 valence electrons. The summed E-state index contributed by atoms with van der Waals surface area (Å²) in [5, 5.41) is 8.29. The van der Waals surface area contributed by atoms with Crippen molar-refractivity contribution in [2.24, 2.45) is 5.92 Å². The van der Waals surface area contributed by atoms with E-state index >= 15 is 0 Å². The first-order chi connectivity index (χ1) is 9.74. The average Bonchev–Trinajstić information content (AvgIpc) is 3.04. The number of hydrogen-bond donors (Lipinski definition) is 1. The molecule has 2 aromatic heterocycles. The molecule has 5 nitrogen and oxygen atoms in total. The van der Waals surface area contributed by atoms with Crippen molar-refractivity contribution in [3.05, 3.63) is 36.4 Å². The maximum atomic E-state index is 5.49. The van der Waals surface area contributed by atoms with Gasteiger partial charge in [0.25, 0.3) is 0 Å². The zero-order chi connectivity index (χ0) is 13.9. The Morgan fingerprint density at radius 2 is 2.10 bits per heavy atom. The highest BCUT2D eigenvalue weighted by Gasteiger charge is 2.14. The monoisotopic (exact) mass is 271 g/mol. The Morgan fingerprint density at radius 1 is 1.25 bits per heavy atom. The number of fused-ring (bicyclic) bond motifs is 1. The second-order valence-electron chi connectivity index (χ2n) is 5.18. The average molecular weight is 271 g/mol. The smallest absolute Gasteiger partial charge is 0.240 e. The lowest BCUT2D eigenvalue weighted by molar-refractivity contribution is 0.364. The van der Waals surface area contributed by atoms with Crippen LogP contribution in [0.25, 0.3) is 22.4 Å². The fourth-order valence-electron chi connectivity index (χ4n) is 2.05. The van der Waals surface area contributed by atoms with Gasteiger partial charge >= 0.3 is 0 Å². The predicted molar refractivity (Wildman–Crippen MR) is 76.1 cm³/mol. The van der Waals surface area contributed by atoms with Crippen LogP contribution in [0.15, 0.2) is 39.5 Å². The first-order valence-electron chi connectivity index (χ1n) is 6.74. The van der Waals surface area contributed by atoms with Crippen molar-refractivity contribution in [2.45, 2.75) is 20.4 Å². The molecule has 0 aliphatic carbocycles. The van der Waals surface area contributed by atoms with E-state index in [2.05, 4.69) is 29.3 Å². The molecule has 3 aromatic rings. The van der Waals surface area contributed by atoms with Crippen molar-refractivity contribution in [3.63, 3.8) is 0 Å². The molecule has 1 aromatic carbocycles. The van der Waals surface area contributed by atoms with Gasteiger partial charge in [0.15, 0.2) is 0 Å². The summed E-state index contributed by atoms with van der Waals surface area (Å²) in [6, 6.07) is 7.81. The van der Waals surface area contributed by atoms with Crippen LogP contribution < -0.4 is 5.32 Å². The molecule has 0 bridgehead atoms. The van der Waals surface area contributed by atoms with E-state index in [1.807, 2.05) is 24.3 Å². The van der Waals surface area contributed by atoms with E-state index in [0.717, 1.165) is 23.1 Å². The highest BCUT2D eigenvalue weighted by molar-refractivity contribution is 5.91. The van der Waals surface area contributed by atoms with E-state index in [1.165, 1.54) is 0 Å². The van der Waals surface area contributed by atoms with Gasteiger partial charge in [-0.05, 0) is 18.5 Å². The fraction of sp³-hybridized carbons (Fsp3) is 0.333. The molecular formula is C15H17N3O2. The van der Waals surface area contributed by atoms with Crippen molar-refractivity contribution in [2.75, 3.05) is 6.54 Å². The molecule has 5 heteroatoms. The van der Waals surface area contributed by atoms with Crippen molar-refractivity contribution in [1.29, 1.82) is 0 Å². The van der Waals surface area contributed by atoms with Gasteiger partial charge in [-0.1, -0.05) is 37.2 Å². The molecule has 3 rings (SSSR count). The molecule has 20 heavy (non-hydrogen) atoms. The number of para-hydroxylation sites is 1. The number of furan rings is 1. The van der Waals surface area contributed by atoms with Gasteiger partial charge in [-0.25, -0.2) is 0 Å². The van der Waals surface area contributed by atoms with Crippen LogP contribution in [0.1, 0.15) is 19.7 Å². The Hall–Kier alpha value is -2.14. The van der Waals surface area contributed by atoms with Gasteiger partial charge in [0.1, 0.15) is 11.8 Å². The summed E-state index contributed by atoms with van der Waals surface area (Å²) in [7, 11) is 0. The van der Waals surface area contributed by atoms with E-state index < -0.39 is 0 Å². The van der Waals surface area contributed by atoms with E-state index in [-0.39, 0.29) is 0 Å². The van der Waals surface area contributed by atoms with Crippen LogP contribution in [-0.4, -0.2) is 16.7 Å².